The van der Waals surface area contributed by atoms with Crippen LogP contribution < -0.4 is 5.73 Å². The highest BCUT2D eigenvalue weighted by molar-refractivity contribution is 6.34. The molecule has 0 saturated heterocycles. The first-order chi connectivity index (χ1) is 5.77. The van der Waals surface area contributed by atoms with E-state index in [1.54, 1.807) is 12.3 Å². The minimum atomic E-state index is 0.397. The maximum Gasteiger partial charge on any atom is 0.140 e. The van der Waals surface area contributed by atoms with Gasteiger partial charge in [0.2, 0.25) is 0 Å². The van der Waals surface area contributed by atoms with E-state index in [1.165, 1.54) is 6.33 Å². The lowest BCUT2D eigenvalue weighted by molar-refractivity contribution is 1.20. The molecule has 0 fully saturated rings. The average Bonchev–Trinajstić information content (AvgIpc) is 2.07. The molecular weight excluding hydrogens is 176 g/mol. The normalized spacial score (nSPS) is 10.4. The van der Waals surface area contributed by atoms with Gasteiger partial charge in [-0.3, -0.25) is 0 Å². The minimum Gasteiger partial charge on any atom is -0.384 e. The molecule has 0 bridgehead atoms. The third-order valence-corrected chi connectivity index (χ3v) is 1.80. The molecule has 0 spiro atoms. The summed E-state index contributed by atoms with van der Waals surface area (Å²) in [5, 5.41) is 1.13. The van der Waals surface area contributed by atoms with Gasteiger partial charge in [0.25, 0.3) is 0 Å². The predicted molar refractivity (Wildman–Crippen MR) is 46.8 cm³/mol. The van der Waals surface area contributed by atoms with Crippen molar-refractivity contribution in [3.63, 3.8) is 0 Å². The fourth-order valence-electron chi connectivity index (χ4n) is 0.944. The highest BCUT2D eigenvalue weighted by Crippen LogP contribution is 2.19. The lowest BCUT2D eigenvalue weighted by Gasteiger charge is -1.97. The molecule has 0 radical (unpaired) electrons. The van der Waals surface area contributed by atoms with Crippen LogP contribution in [0.3, 0.4) is 0 Å². The minimum absolute atomic E-state index is 0.397. The van der Waals surface area contributed by atoms with Gasteiger partial charge in [0.1, 0.15) is 17.3 Å². The monoisotopic (exact) mass is 180 g/mol. The summed E-state index contributed by atoms with van der Waals surface area (Å²) >= 11 is 5.79. The summed E-state index contributed by atoms with van der Waals surface area (Å²) in [5.74, 6) is 0.416. The van der Waals surface area contributed by atoms with E-state index in [0.29, 0.717) is 16.5 Å². The van der Waals surface area contributed by atoms with Crippen molar-refractivity contribution >= 4 is 28.3 Å². The fraction of sp³-hybridized carbons (Fsp3) is 0. The Morgan fingerprint density at radius 1 is 1.25 bits per heavy atom. The van der Waals surface area contributed by atoms with Crippen molar-refractivity contribution in [1.29, 1.82) is 0 Å². The number of fused-ring (bicyclic) bond motifs is 1. The maximum atomic E-state index is 5.79. The van der Waals surface area contributed by atoms with Gasteiger partial charge >= 0.3 is 0 Å². The first-order valence-corrected chi connectivity index (χ1v) is 3.67. The number of anilines is 1. The van der Waals surface area contributed by atoms with Gasteiger partial charge in [-0.25, -0.2) is 15.0 Å². The van der Waals surface area contributed by atoms with Crippen molar-refractivity contribution in [3.05, 3.63) is 23.7 Å². The molecule has 2 aromatic heterocycles. The Morgan fingerprint density at radius 2 is 2.08 bits per heavy atom. The molecule has 0 unspecified atom stereocenters. The molecule has 4 nitrogen and oxygen atoms in total. The largest absolute Gasteiger partial charge is 0.384 e. The number of rotatable bonds is 0. The SMILES string of the molecule is Nc1cc2c(Cl)ncnc2cn1. The average molecular weight is 181 g/mol. The first kappa shape index (κ1) is 7.24. The van der Waals surface area contributed by atoms with E-state index in [2.05, 4.69) is 15.0 Å². The van der Waals surface area contributed by atoms with E-state index in [4.69, 9.17) is 17.3 Å². The van der Waals surface area contributed by atoms with Crippen LogP contribution in [-0.2, 0) is 0 Å². The maximum absolute atomic E-state index is 5.79. The Morgan fingerprint density at radius 3 is 2.92 bits per heavy atom. The summed E-state index contributed by atoms with van der Waals surface area (Å²) in [5.41, 5.74) is 6.17. The van der Waals surface area contributed by atoms with Crippen molar-refractivity contribution < 1.29 is 0 Å². The number of hydrogen-bond acceptors (Lipinski definition) is 4. The van der Waals surface area contributed by atoms with Crippen LogP contribution in [0.25, 0.3) is 10.9 Å². The van der Waals surface area contributed by atoms with Gasteiger partial charge in [-0.1, -0.05) is 11.6 Å². The number of halogens is 1. The molecule has 0 aliphatic rings. The van der Waals surface area contributed by atoms with Crippen molar-refractivity contribution in [1.82, 2.24) is 15.0 Å². The number of aromatic nitrogens is 3. The Kier molecular flexibility index (Phi) is 1.55. The van der Waals surface area contributed by atoms with Gasteiger partial charge in [-0.05, 0) is 6.07 Å². The van der Waals surface area contributed by atoms with Crippen LogP contribution in [0.15, 0.2) is 18.6 Å². The lowest BCUT2D eigenvalue weighted by atomic mass is 10.3. The molecule has 60 valence electrons. The Bertz CT molecular complexity index is 429. The van der Waals surface area contributed by atoms with Gasteiger partial charge < -0.3 is 5.73 Å². The molecule has 0 aromatic carbocycles. The molecule has 2 rings (SSSR count). The quantitative estimate of drug-likeness (QED) is 0.620. The van der Waals surface area contributed by atoms with Gasteiger partial charge in [0.15, 0.2) is 0 Å². The third-order valence-electron chi connectivity index (χ3n) is 1.49. The third kappa shape index (κ3) is 1.06. The van der Waals surface area contributed by atoms with Crippen molar-refractivity contribution in [3.8, 4) is 0 Å². The summed E-state index contributed by atoms with van der Waals surface area (Å²) in [6, 6.07) is 1.65. The molecule has 2 N–H and O–H groups in total. The Labute approximate surface area is 73.4 Å². The van der Waals surface area contributed by atoms with Crippen molar-refractivity contribution in [2.45, 2.75) is 0 Å². The van der Waals surface area contributed by atoms with Crippen LogP contribution in [0.2, 0.25) is 5.15 Å². The molecule has 5 heteroatoms. The van der Waals surface area contributed by atoms with Crippen LogP contribution >= 0.6 is 11.6 Å². The van der Waals surface area contributed by atoms with Crippen LogP contribution in [0.4, 0.5) is 5.82 Å². The second kappa shape index (κ2) is 2.57. The van der Waals surface area contributed by atoms with Crippen molar-refractivity contribution in [2.75, 3.05) is 5.73 Å². The summed E-state index contributed by atoms with van der Waals surface area (Å²) in [4.78, 5) is 11.7. The van der Waals surface area contributed by atoms with Gasteiger partial charge in [0, 0.05) is 5.39 Å². The Hall–Kier alpha value is -1.42. The standard InChI is InChI=1S/C7H5ClN4/c8-7-4-1-6(9)10-2-5(4)11-3-12-7/h1-3H,(H2,9,10). The molecule has 0 aliphatic carbocycles. The predicted octanol–water partition coefficient (Wildman–Crippen LogP) is 1.26. The fourth-order valence-corrected chi connectivity index (χ4v) is 1.14. The molecule has 12 heavy (non-hydrogen) atoms. The summed E-state index contributed by atoms with van der Waals surface area (Å²) in [6.45, 7) is 0. The summed E-state index contributed by atoms with van der Waals surface area (Å²) in [7, 11) is 0. The van der Waals surface area contributed by atoms with E-state index in [1.807, 2.05) is 0 Å². The van der Waals surface area contributed by atoms with Gasteiger partial charge in [-0.2, -0.15) is 0 Å². The highest BCUT2D eigenvalue weighted by Gasteiger charge is 2.00. The number of nitrogens with zero attached hydrogens (tertiary/aromatic N) is 3. The molecule has 0 atom stereocenters. The van der Waals surface area contributed by atoms with Crippen LogP contribution in [0, 0.1) is 0 Å². The molecule has 2 aromatic rings. The van der Waals surface area contributed by atoms with Crippen molar-refractivity contribution in [2.24, 2.45) is 0 Å². The van der Waals surface area contributed by atoms with Crippen LogP contribution in [0.5, 0.6) is 0 Å². The summed E-state index contributed by atoms with van der Waals surface area (Å²) < 4.78 is 0. The zero-order valence-corrected chi connectivity index (χ0v) is 6.78. The van der Waals surface area contributed by atoms with E-state index in [-0.39, 0.29) is 0 Å². The lowest BCUT2D eigenvalue weighted by Crippen LogP contribution is -1.91. The number of nitrogens with two attached hydrogens (primary N) is 1. The van der Waals surface area contributed by atoms with Gasteiger partial charge in [0.05, 0.1) is 11.7 Å². The zero-order valence-electron chi connectivity index (χ0n) is 6.03. The topological polar surface area (TPSA) is 64.7 Å². The summed E-state index contributed by atoms with van der Waals surface area (Å²) in [6.07, 6.45) is 2.96. The zero-order chi connectivity index (χ0) is 8.55. The highest BCUT2D eigenvalue weighted by atomic mass is 35.5. The molecule has 0 saturated carbocycles. The number of pyridine rings is 1. The van der Waals surface area contributed by atoms with E-state index < -0.39 is 0 Å². The Balaban J connectivity index is 2.88. The second-order valence-electron chi connectivity index (χ2n) is 2.29. The number of hydrogen-bond donors (Lipinski definition) is 1. The molecular formula is C7H5ClN4. The second-order valence-corrected chi connectivity index (χ2v) is 2.65. The smallest absolute Gasteiger partial charge is 0.140 e. The molecule has 2 heterocycles. The van der Waals surface area contributed by atoms with Gasteiger partial charge in [-0.15, -0.1) is 0 Å². The number of nitrogen functional groups attached to an aromatic ring is 1. The van der Waals surface area contributed by atoms with E-state index >= 15 is 0 Å². The van der Waals surface area contributed by atoms with Crippen LogP contribution in [0.1, 0.15) is 0 Å². The van der Waals surface area contributed by atoms with Crippen LogP contribution in [-0.4, -0.2) is 15.0 Å². The first-order valence-electron chi connectivity index (χ1n) is 3.29. The molecule has 0 amide bonds. The van der Waals surface area contributed by atoms with E-state index in [0.717, 1.165) is 5.39 Å². The molecule has 0 aliphatic heterocycles. The van der Waals surface area contributed by atoms with E-state index in [9.17, 15) is 0 Å².